The van der Waals surface area contributed by atoms with Gasteiger partial charge in [0.1, 0.15) is 11.3 Å². The van der Waals surface area contributed by atoms with E-state index in [4.69, 9.17) is 9.15 Å². The summed E-state index contributed by atoms with van der Waals surface area (Å²) in [5.41, 5.74) is 1.69. The van der Waals surface area contributed by atoms with Crippen LogP contribution in [0.4, 0.5) is 0 Å². The molecule has 1 amide bonds. The zero-order chi connectivity index (χ0) is 18.6. The maximum atomic E-state index is 12.2. The standard InChI is InChI=1S/C19H26N2O4/c1-12-11-17(22)25-18-13(2)16(8-7-15(12)18)24-14(3)19(23)20-9-6-10-21(4)5/h7-8,11,14H,6,9-10H2,1-5H3,(H,20,23)/p+1/t14-/m1/s1. The molecule has 0 fully saturated rings. The van der Waals surface area contributed by atoms with Gasteiger partial charge in [-0.05, 0) is 38.5 Å². The van der Waals surface area contributed by atoms with E-state index in [2.05, 4.69) is 19.4 Å². The van der Waals surface area contributed by atoms with E-state index >= 15 is 0 Å². The van der Waals surface area contributed by atoms with E-state index in [-0.39, 0.29) is 11.5 Å². The predicted molar refractivity (Wildman–Crippen MR) is 97.4 cm³/mol. The fraction of sp³-hybridized carbons (Fsp3) is 0.474. The minimum absolute atomic E-state index is 0.154. The number of carbonyl (C=O) groups is 1. The summed E-state index contributed by atoms with van der Waals surface area (Å²) in [6.45, 7) is 7.03. The lowest BCUT2D eigenvalue weighted by atomic mass is 10.1. The second-order valence-electron chi connectivity index (χ2n) is 6.68. The minimum Gasteiger partial charge on any atom is -0.480 e. The maximum absolute atomic E-state index is 12.2. The Morgan fingerprint density at radius 1 is 1.32 bits per heavy atom. The monoisotopic (exact) mass is 347 g/mol. The van der Waals surface area contributed by atoms with Crippen molar-refractivity contribution < 1.29 is 18.8 Å². The number of fused-ring (bicyclic) bond motifs is 1. The van der Waals surface area contributed by atoms with Crippen molar-refractivity contribution in [2.75, 3.05) is 27.2 Å². The van der Waals surface area contributed by atoms with E-state index in [9.17, 15) is 9.59 Å². The van der Waals surface area contributed by atoms with Crippen LogP contribution in [0.5, 0.6) is 5.75 Å². The lowest BCUT2D eigenvalue weighted by Gasteiger charge is -2.17. The molecule has 1 heterocycles. The van der Waals surface area contributed by atoms with E-state index in [1.807, 2.05) is 26.0 Å². The fourth-order valence-corrected chi connectivity index (χ4v) is 2.67. The number of amides is 1. The first-order valence-electron chi connectivity index (χ1n) is 8.57. The number of hydrogen-bond acceptors (Lipinski definition) is 4. The Bertz CT molecular complexity index is 811. The van der Waals surface area contributed by atoms with Crippen molar-refractivity contribution in [1.82, 2.24) is 5.32 Å². The van der Waals surface area contributed by atoms with Crippen LogP contribution in [0.25, 0.3) is 11.0 Å². The number of hydrogen-bond donors (Lipinski definition) is 2. The normalized spacial score (nSPS) is 12.4. The second-order valence-corrected chi connectivity index (χ2v) is 6.68. The molecule has 1 aromatic carbocycles. The summed E-state index contributed by atoms with van der Waals surface area (Å²) in [4.78, 5) is 25.1. The number of quaternary nitrogens is 1. The Labute approximate surface area is 147 Å². The Balaban J connectivity index is 2.08. The first kappa shape index (κ1) is 19.0. The first-order chi connectivity index (χ1) is 11.8. The Morgan fingerprint density at radius 3 is 2.72 bits per heavy atom. The molecule has 0 saturated carbocycles. The topological polar surface area (TPSA) is 73.0 Å². The Kier molecular flexibility index (Phi) is 6.20. The SMILES string of the molecule is Cc1cc(=O)oc2c(C)c(O[C@H](C)C(=O)NCCC[NH+](C)C)ccc12. The number of nitrogens with one attached hydrogen (secondary N) is 2. The van der Waals surface area contributed by atoms with Crippen molar-refractivity contribution in [3.05, 3.63) is 39.7 Å². The third-order valence-electron chi connectivity index (χ3n) is 4.14. The molecule has 2 aromatic rings. The maximum Gasteiger partial charge on any atom is 0.336 e. The smallest absolute Gasteiger partial charge is 0.336 e. The van der Waals surface area contributed by atoms with Gasteiger partial charge in [0.2, 0.25) is 0 Å². The molecule has 6 heteroatoms. The zero-order valence-electron chi connectivity index (χ0n) is 15.6. The van der Waals surface area contributed by atoms with E-state index < -0.39 is 6.10 Å². The van der Waals surface area contributed by atoms with E-state index in [1.165, 1.54) is 11.0 Å². The highest BCUT2D eigenvalue weighted by molar-refractivity contribution is 5.85. The van der Waals surface area contributed by atoms with Gasteiger partial charge in [0.15, 0.2) is 6.10 Å². The second kappa shape index (κ2) is 8.16. The lowest BCUT2D eigenvalue weighted by Crippen LogP contribution is -3.05. The summed E-state index contributed by atoms with van der Waals surface area (Å²) in [7, 11) is 4.16. The van der Waals surface area contributed by atoms with Gasteiger partial charge in [-0.25, -0.2) is 4.79 Å². The molecule has 0 radical (unpaired) electrons. The molecular weight excluding hydrogens is 320 g/mol. The fourth-order valence-electron chi connectivity index (χ4n) is 2.67. The third kappa shape index (κ3) is 4.82. The van der Waals surface area contributed by atoms with Gasteiger partial charge in [-0.1, -0.05) is 0 Å². The lowest BCUT2D eigenvalue weighted by molar-refractivity contribution is -0.858. The van der Waals surface area contributed by atoms with Crippen LogP contribution in [0.15, 0.2) is 27.4 Å². The number of ether oxygens (including phenoxy) is 1. The van der Waals surface area contributed by atoms with Crippen molar-refractivity contribution in [3.8, 4) is 5.75 Å². The van der Waals surface area contributed by atoms with Crippen LogP contribution in [0.1, 0.15) is 24.5 Å². The quantitative estimate of drug-likeness (QED) is 0.575. The largest absolute Gasteiger partial charge is 0.480 e. The number of aryl methyl sites for hydroxylation is 2. The van der Waals surface area contributed by atoms with Crippen LogP contribution in [0, 0.1) is 13.8 Å². The van der Waals surface area contributed by atoms with Crippen LogP contribution in [0.3, 0.4) is 0 Å². The zero-order valence-corrected chi connectivity index (χ0v) is 15.6. The summed E-state index contributed by atoms with van der Waals surface area (Å²) in [6, 6.07) is 5.12. The third-order valence-corrected chi connectivity index (χ3v) is 4.14. The molecule has 0 aliphatic rings. The number of benzene rings is 1. The van der Waals surface area contributed by atoms with Gasteiger partial charge in [-0.15, -0.1) is 0 Å². The summed E-state index contributed by atoms with van der Waals surface area (Å²) in [5.74, 6) is 0.389. The molecule has 0 aliphatic carbocycles. The molecular formula is C19H27N2O4+. The molecule has 1 aromatic heterocycles. The van der Waals surface area contributed by atoms with Crippen molar-refractivity contribution in [3.63, 3.8) is 0 Å². The predicted octanol–water partition coefficient (Wildman–Crippen LogP) is 0.828. The molecule has 136 valence electrons. The van der Waals surface area contributed by atoms with Crippen LogP contribution in [-0.4, -0.2) is 39.2 Å². The van der Waals surface area contributed by atoms with Gasteiger partial charge in [0.25, 0.3) is 5.91 Å². The molecule has 0 spiro atoms. The molecule has 6 nitrogen and oxygen atoms in total. The van der Waals surface area contributed by atoms with E-state index in [1.54, 1.807) is 6.92 Å². The number of carbonyl (C=O) groups excluding carboxylic acids is 1. The Hall–Kier alpha value is -2.34. The summed E-state index contributed by atoms with van der Waals surface area (Å²) in [5, 5.41) is 3.75. The summed E-state index contributed by atoms with van der Waals surface area (Å²) >= 11 is 0. The molecule has 2 N–H and O–H groups in total. The van der Waals surface area contributed by atoms with Crippen molar-refractivity contribution >= 4 is 16.9 Å². The van der Waals surface area contributed by atoms with E-state index in [0.717, 1.165) is 23.9 Å². The first-order valence-corrected chi connectivity index (χ1v) is 8.57. The van der Waals surface area contributed by atoms with Gasteiger partial charge in [-0.3, -0.25) is 4.79 Å². The minimum atomic E-state index is -0.626. The highest BCUT2D eigenvalue weighted by Gasteiger charge is 2.17. The Morgan fingerprint density at radius 2 is 2.04 bits per heavy atom. The molecule has 0 aliphatic heterocycles. The number of rotatable bonds is 7. The average molecular weight is 347 g/mol. The van der Waals surface area contributed by atoms with Gasteiger partial charge < -0.3 is 19.4 Å². The van der Waals surface area contributed by atoms with Gasteiger partial charge in [0.05, 0.1) is 20.6 Å². The van der Waals surface area contributed by atoms with Gasteiger partial charge in [-0.2, -0.15) is 0 Å². The summed E-state index contributed by atoms with van der Waals surface area (Å²) in [6.07, 6.45) is 0.291. The van der Waals surface area contributed by atoms with E-state index in [0.29, 0.717) is 23.4 Å². The van der Waals surface area contributed by atoms with Crippen molar-refractivity contribution in [1.29, 1.82) is 0 Å². The van der Waals surface area contributed by atoms with Crippen LogP contribution in [0.2, 0.25) is 0 Å². The van der Waals surface area contributed by atoms with Crippen molar-refractivity contribution in [2.45, 2.75) is 33.3 Å². The molecule has 25 heavy (non-hydrogen) atoms. The van der Waals surface area contributed by atoms with Gasteiger partial charge in [0, 0.05) is 30.0 Å². The van der Waals surface area contributed by atoms with Crippen LogP contribution < -0.4 is 20.6 Å². The van der Waals surface area contributed by atoms with Crippen LogP contribution >= 0.6 is 0 Å². The highest BCUT2D eigenvalue weighted by Crippen LogP contribution is 2.28. The summed E-state index contributed by atoms with van der Waals surface area (Å²) < 4.78 is 11.1. The van der Waals surface area contributed by atoms with Crippen LogP contribution in [-0.2, 0) is 4.79 Å². The van der Waals surface area contributed by atoms with Gasteiger partial charge >= 0.3 is 5.63 Å². The highest BCUT2D eigenvalue weighted by atomic mass is 16.5. The molecule has 0 saturated heterocycles. The molecule has 1 atom stereocenters. The molecule has 0 unspecified atom stereocenters. The van der Waals surface area contributed by atoms with Crippen molar-refractivity contribution in [2.24, 2.45) is 0 Å². The molecule has 2 rings (SSSR count). The molecule has 0 bridgehead atoms. The average Bonchev–Trinajstić information content (AvgIpc) is 2.54.